The third-order valence-corrected chi connectivity index (χ3v) is 8.71. The molecule has 1 N–H and O–H groups in total. The second kappa shape index (κ2) is 13.4. The Labute approximate surface area is 239 Å². The van der Waals surface area contributed by atoms with Crippen LogP contribution in [-0.4, -0.2) is 60.6 Å². The van der Waals surface area contributed by atoms with Gasteiger partial charge < -0.3 is 24.6 Å². The Balaban J connectivity index is 1.34. The molecular formula is C33H45N3O4. The minimum Gasteiger partial charge on any atom is -0.490 e. The number of unbranched alkanes of at least 4 members (excludes halogenated alkanes) is 2. The lowest BCUT2D eigenvalue weighted by Crippen LogP contribution is -2.61. The van der Waals surface area contributed by atoms with Crippen LogP contribution in [0.5, 0.6) is 11.5 Å². The molecule has 3 atom stereocenters. The van der Waals surface area contributed by atoms with Crippen molar-refractivity contribution in [3.63, 3.8) is 0 Å². The van der Waals surface area contributed by atoms with Crippen LogP contribution in [0, 0.1) is 5.92 Å². The first-order valence-corrected chi connectivity index (χ1v) is 15.4. The standard InChI is InChI=1S/C33H45N3O4/c1-3-5-19-39-30-21-25-15-18-35-29(27(25)22-31(30)40-20-6-4-2)23-28-26(32(35)37)13-10-17-36(28)33(38)34-16-14-24-11-8-7-9-12-24/h7-9,11-12,21-22,26,28-29H,3-6,10,13-20,23H2,1-2H3,(H,34,38)/t26-,28-,29+/m0/s1. The van der Waals surface area contributed by atoms with Crippen LogP contribution < -0.4 is 14.8 Å². The average Bonchev–Trinajstić information content (AvgIpc) is 2.98. The fraction of sp³-hybridized carbons (Fsp3) is 0.576. The number of nitrogens with zero attached hydrogens (tertiary/aromatic N) is 2. The Morgan fingerprint density at radius 1 is 1.00 bits per heavy atom. The zero-order chi connectivity index (χ0) is 27.9. The van der Waals surface area contributed by atoms with Gasteiger partial charge in [-0.05, 0) is 73.8 Å². The van der Waals surface area contributed by atoms with E-state index in [1.54, 1.807) is 0 Å². The highest BCUT2D eigenvalue weighted by Crippen LogP contribution is 2.46. The van der Waals surface area contributed by atoms with E-state index in [2.05, 4.69) is 48.3 Å². The van der Waals surface area contributed by atoms with E-state index in [-0.39, 0.29) is 29.9 Å². The molecule has 0 spiro atoms. The highest BCUT2D eigenvalue weighted by molar-refractivity contribution is 5.83. The summed E-state index contributed by atoms with van der Waals surface area (Å²) in [5.41, 5.74) is 3.59. The topological polar surface area (TPSA) is 71.1 Å². The smallest absolute Gasteiger partial charge is 0.317 e. The van der Waals surface area contributed by atoms with Crippen molar-refractivity contribution >= 4 is 11.9 Å². The number of fused-ring (bicyclic) bond motifs is 4. The first-order chi connectivity index (χ1) is 19.6. The van der Waals surface area contributed by atoms with Crippen LogP contribution in [0.15, 0.2) is 42.5 Å². The van der Waals surface area contributed by atoms with E-state index in [0.29, 0.717) is 32.8 Å². The monoisotopic (exact) mass is 547 g/mol. The Hall–Kier alpha value is -3.22. The number of piperidine rings is 2. The molecule has 3 aliphatic rings. The van der Waals surface area contributed by atoms with Gasteiger partial charge in [0.05, 0.1) is 25.2 Å². The van der Waals surface area contributed by atoms with Crippen LogP contribution in [0.2, 0.25) is 0 Å². The fourth-order valence-corrected chi connectivity index (χ4v) is 6.50. The quantitative estimate of drug-likeness (QED) is 0.355. The van der Waals surface area contributed by atoms with Crippen molar-refractivity contribution in [3.8, 4) is 11.5 Å². The maximum Gasteiger partial charge on any atom is 0.317 e. The fourth-order valence-electron chi connectivity index (χ4n) is 6.50. The second-order valence-electron chi connectivity index (χ2n) is 11.4. The summed E-state index contributed by atoms with van der Waals surface area (Å²) in [7, 11) is 0. The van der Waals surface area contributed by atoms with Crippen molar-refractivity contribution in [1.82, 2.24) is 15.1 Å². The molecule has 0 aliphatic carbocycles. The summed E-state index contributed by atoms with van der Waals surface area (Å²) in [4.78, 5) is 31.2. The first-order valence-electron chi connectivity index (χ1n) is 15.4. The minimum atomic E-state index is -0.122. The highest BCUT2D eigenvalue weighted by Gasteiger charge is 2.48. The number of urea groups is 1. The molecule has 3 aliphatic heterocycles. The second-order valence-corrected chi connectivity index (χ2v) is 11.4. The van der Waals surface area contributed by atoms with Crippen LogP contribution in [-0.2, 0) is 17.6 Å². The third kappa shape index (κ3) is 6.24. The summed E-state index contributed by atoms with van der Waals surface area (Å²) in [5.74, 6) is 1.67. The van der Waals surface area contributed by atoms with Gasteiger partial charge in [0.2, 0.25) is 5.91 Å². The van der Waals surface area contributed by atoms with Crippen molar-refractivity contribution in [1.29, 1.82) is 0 Å². The lowest BCUT2D eigenvalue weighted by atomic mass is 9.76. The van der Waals surface area contributed by atoms with Gasteiger partial charge in [0.1, 0.15) is 0 Å². The lowest BCUT2D eigenvalue weighted by Gasteiger charge is -2.51. The number of hydrogen-bond acceptors (Lipinski definition) is 4. The van der Waals surface area contributed by atoms with Gasteiger partial charge in [0.15, 0.2) is 11.5 Å². The number of carbonyl (C=O) groups is 2. The van der Waals surface area contributed by atoms with E-state index < -0.39 is 0 Å². The van der Waals surface area contributed by atoms with Crippen molar-refractivity contribution in [2.75, 3.05) is 32.8 Å². The van der Waals surface area contributed by atoms with E-state index >= 15 is 0 Å². The maximum atomic E-state index is 13.8. The highest BCUT2D eigenvalue weighted by atomic mass is 16.5. The molecule has 0 aromatic heterocycles. The molecule has 3 amide bonds. The number of rotatable bonds is 11. The van der Waals surface area contributed by atoms with Gasteiger partial charge in [-0.1, -0.05) is 57.0 Å². The number of amides is 3. The summed E-state index contributed by atoms with van der Waals surface area (Å²) in [6.45, 7) is 7.63. The summed E-state index contributed by atoms with van der Waals surface area (Å²) >= 11 is 0. The van der Waals surface area contributed by atoms with Crippen LogP contribution in [0.1, 0.15) is 81.5 Å². The first kappa shape index (κ1) is 28.3. The Morgan fingerprint density at radius 2 is 1.73 bits per heavy atom. The lowest BCUT2D eigenvalue weighted by molar-refractivity contribution is -0.148. The van der Waals surface area contributed by atoms with Crippen LogP contribution >= 0.6 is 0 Å². The molecular weight excluding hydrogens is 502 g/mol. The summed E-state index contributed by atoms with van der Waals surface area (Å²) in [6.07, 6.45) is 8.22. The molecule has 2 aromatic carbocycles. The van der Waals surface area contributed by atoms with Gasteiger partial charge in [0, 0.05) is 25.7 Å². The molecule has 5 rings (SSSR count). The summed E-state index contributed by atoms with van der Waals surface area (Å²) in [6, 6.07) is 14.3. The molecule has 0 bridgehead atoms. The molecule has 216 valence electrons. The van der Waals surface area contributed by atoms with E-state index in [4.69, 9.17) is 9.47 Å². The number of carbonyl (C=O) groups excluding carboxylic acids is 2. The molecule has 0 unspecified atom stereocenters. The Kier molecular flexibility index (Phi) is 9.50. The molecule has 40 heavy (non-hydrogen) atoms. The Morgan fingerprint density at radius 3 is 2.45 bits per heavy atom. The van der Waals surface area contributed by atoms with Gasteiger partial charge >= 0.3 is 6.03 Å². The zero-order valence-corrected chi connectivity index (χ0v) is 24.2. The number of likely N-dealkylation sites (tertiary alicyclic amines) is 1. The van der Waals surface area contributed by atoms with Crippen molar-refractivity contribution in [3.05, 3.63) is 59.2 Å². The molecule has 2 aromatic rings. The van der Waals surface area contributed by atoms with E-state index in [9.17, 15) is 9.59 Å². The van der Waals surface area contributed by atoms with Crippen LogP contribution in [0.25, 0.3) is 0 Å². The zero-order valence-electron chi connectivity index (χ0n) is 24.2. The number of hydrogen-bond donors (Lipinski definition) is 1. The van der Waals surface area contributed by atoms with Crippen LogP contribution in [0.3, 0.4) is 0 Å². The maximum absolute atomic E-state index is 13.8. The summed E-state index contributed by atoms with van der Waals surface area (Å²) < 4.78 is 12.4. The molecule has 7 heteroatoms. The largest absolute Gasteiger partial charge is 0.490 e. The SMILES string of the molecule is CCCCOc1cc2c(cc1OCCCC)[C@H]1C[C@H]3[C@H](CCCN3C(=O)NCCc3ccccc3)C(=O)N1CC2. The predicted molar refractivity (Wildman–Crippen MR) is 157 cm³/mol. The van der Waals surface area contributed by atoms with Crippen molar-refractivity contribution in [2.45, 2.75) is 83.7 Å². The number of nitrogens with one attached hydrogen (secondary N) is 1. The molecule has 3 heterocycles. The number of benzene rings is 2. The van der Waals surface area contributed by atoms with Gasteiger partial charge in [-0.25, -0.2) is 4.79 Å². The van der Waals surface area contributed by atoms with Crippen molar-refractivity contribution < 1.29 is 19.1 Å². The minimum absolute atomic E-state index is 0.0477. The molecule has 0 saturated carbocycles. The normalized spacial score (nSPS) is 21.8. The molecule has 7 nitrogen and oxygen atoms in total. The van der Waals surface area contributed by atoms with Gasteiger partial charge in [-0.15, -0.1) is 0 Å². The predicted octanol–water partition coefficient (Wildman–Crippen LogP) is 5.91. The van der Waals surface area contributed by atoms with Crippen LogP contribution in [0.4, 0.5) is 4.79 Å². The van der Waals surface area contributed by atoms with Gasteiger partial charge in [-0.3, -0.25) is 4.79 Å². The van der Waals surface area contributed by atoms with E-state index in [0.717, 1.165) is 74.8 Å². The number of ether oxygens (including phenoxy) is 2. The molecule has 2 saturated heterocycles. The van der Waals surface area contributed by atoms with E-state index in [1.807, 2.05) is 23.1 Å². The van der Waals surface area contributed by atoms with Gasteiger partial charge in [-0.2, -0.15) is 0 Å². The Bertz CT molecular complexity index is 1150. The van der Waals surface area contributed by atoms with Crippen molar-refractivity contribution in [2.24, 2.45) is 5.92 Å². The molecule has 2 fully saturated rings. The van der Waals surface area contributed by atoms with E-state index in [1.165, 1.54) is 11.1 Å². The molecule has 0 radical (unpaired) electrons. The summed E-state index contributed by atoms with van der Waals surface area (Å²) in [5, 5.41) is 3.14. The third-order valence-electron chi connectivity index (χ3n) is 8.71. The average molecular weight is 548 g/mol. The van der Waals surface area contributed by atoms with Gasteiger partial charge in [0.25, 0.3) is 0 Å².